The number of hydrogen-bond donors (Lipinski definition) is 2. The molecule has 36 heavy (non-hydrogen) atoms. The van der Waals surface area contributed by atoms with E-state index in [2.05, 4.69) is 15.6 Å². The maximum atomic E-state index is 12.6. The van der Waals surface area contributed by atoms with Crippen molar-refractivity contribution in [3.05, 3.63) is 90.6 Å². The lowest BCUT2D eigenvalue weighted by molar-refractivity contribution is 0.262. The number of amides is 2. The van der Waals surface area contributed by atoms with Gasteiger partial charge in [0.05, 0.1) is 25.4 Å². The molecule has 7 nitrogen and oxygen atoms in total. The zero-order valence-corrected chi connectivity index (χ0v) is 20.2. The molecule has 0 spiro atoms. The number of aryl methyl sites for hydroxylation is 1. The van der Waals surface area contributed by atoms with Crippen molar-refractivity contribution in [1.29, 1.82) is 0 Å². The third-order valence-electron chi connectivity index (χ3n) is 5.81. The number of carbonyl (C=O) groups excluding carboxylic acids is 1. The number of benzene rings is 4. The molecule has 0 saturated carbocycles. The maximum Gasteiger partial charge on any atom is 0.323 e. The molecule has 0 aliphatic heterocycles. The number of anilines is 2. The molecule has 1 aromatic heterocycles. The summed E-state index contributed by atoms with van der Waals surface area (Å²) < 4.78 is 17.1. The van der Waals surface area contributed by atoms with Gasteiger partial charge in [0.25, 0.3) is 0 Å². The largest absolute Gasteiger partial charge is 0.493 e. The van der Waals surface area contributed by atoms with Gasteiger partial charge in [0.1, 0.15) is 11.5 Å². The van der Waals surface area contributed by atoms with Crippen molar-refractivity contribution in [2.45, 2.75) is 6.92 Å². The average molecular weight is 480 g/mol. The number of nitrogens with one attached hydrogen (secondary N) is 2. The minimum absolute atomic E-state index is 0.305. The first kappa shape index (κ1) is 23.0. The zero-order valence-electron chi connectivity index (χ0n) is 20.2. The van der Waals surface area contributed by atoms with E-state index in [1.54, 1.807) is 20.4 Å². The molecule has 0 unspecified atom stereocenters. The summed E-state index contributed by atoms with van der Waals surface area (Å²) in [4.78, 5) is 17.0. The van der Waals surface area contributed by atoms with Crippen LogP contribution in [-0.2, 0) is 0 Å². The smallest absolute Gasteiger partial charge is 0.323 e. The second kappa shape index (κ2) is 9.84. The van der Waals surface area contributed by atoms with Crippen molar-refractivity contribution in [3.63, 3.8) is 0 Å². The van der Waals surface area contributed by atoms with E-state index in [0.717, 1.165) is 32.9 Å². The predicted octanol–water partition coefficient (Wildman–Crippen LogP) is 7.15. The van der Waals surface area contributed by atoms with Crippen LogP contribution in [0, 0.1) is 6.92 Å². The fourth-order valence-electron chi connectivity index (χ4n) is 4.11. The van der Waals surface area contributed by atoms with E-state index in [-0.39, 0.29) is 6.03 Å². The molecule has 0 atom stereocenters. The topological polar surface area (TPSA) is 81.7 Å². The Hall–Kier alpha value is -4.78. The van der Waals surface area contributed by atoms with Crippen LogP contribution in [0.5, 0.6) is 23.0 Å². The molecule has 1 heterocycles. The third kappa shape index (κ3) is 4.72. The molecule has 0 bridgehead atoms. The Kier molecular flexibility index (Phi) is 6.28. The van der Waals surface area contributed by atoms with Gasteiger partial charge in [-0.3, -0.25) is 4.98 Å². The molecule has 0 aliphatic carbocycles. The van der Waals surface area contributed by atoms with Crippen LogP contribution in [-0.4, -0.2) is 25.2 Å². The van der Waals surface area contributed by atoms with E-state index in [1.807, 2.05) is 85.8 Å². The molecule has 4 aromatic carbocycles. The highest BCUT2D eigenvalue weighted by atomic mass is 16.5. The van der Waals surface area contributed by atoms with Crippen molar-refractivity contribution < 1.29 is 19.0 Å². The maximum absolute atomic E-state index is 12.6. The number of rotatable bonds is 6. The van der Waals surface area contributed by atoms with E-state index in [0.29, 0.717) is 28.7 Å². The number of aromatic nitrogens is 1. The number of ether oxygens (including phenoxy) is 3. The monoisotopic (exact) mass is 479 g/mol. The number of hydrogen-bond acceptors (Lipinski definition) is 5. The first-order valence-electron chi connectivity index (χ1n) is 11.4. The number of fused-ring (bicyclic) bond motifs is 2. The normalized spacial score (nSPS) is 10.8. The molecular weight excluding hydrogens is 454 g/mol. The van der Waals surface area contributed by atoms with E-state index >= 15 is 0 Å². The van der Waals surface area contributed by atoms with Crippen LogP contribution in [0.1, 0.15) is 5.56 Å². The van der Waals surface area contributed by atoms with Gasteiger partial charge in [0.15, 0.2) is 11.5 Å². The van der Waals surface area contributed by atoms with Gasteiger partial charge in [-0.2, -0.15) is 0 Å². The Morgan fingerprint density at radius 2 is 1.58 bits per heavy atom. The Labute approximate surface area is 208 Å². The Morgan fingerprint density at radius 1 is 0.778 bits per heavy atom. The molecule has 0 fully saturated rings. The van der Waals surface area contributed by atoms with Gasteiger partial charge < -0.3 is 24.8 Å². The van der Waals surface area contributed by atoms with E-state index in [4.69, 9.17) is 14.2 Å². The second-order valence-electron chi connectivity index (χ2n) is 8.27. The minimum atomic E-state index is -0.305. The summed E-state index contributed by atoms with van der Waals surface area (Å²) in [6, 6.07) is 24.3. The molecule has 2 amide bonds. The summed E-state index contributed by atoms with van der Waals surface area (Å²) in [5, 5.41) is 8.45. The fourth-order valence-corrected chi connectivity index (χ4v) is 4.11. The average Bonchev–Trinajstić information content (AvgIpc) is 2.88. The number of pyridine rings is 1. The number of nitrogens with zero attached hydrogens (tertiary/aromatic N) is 1. The van der Waals surface area contributed by atoms with Crippen molar-refractivity contribution >= 4 is 39.1 Å². The van der Waals surface area contributed by atoms with Crippen LogP contribution >= 0.6 is 0 Å². The van der Waals surface area contributed by atoms with Crippen LogP contribution in [0.25, 0.3) is 21.7 Å². The fraction of sp³-hybridized carbons (Fsp3) is 0.103. The van der Waals surface area contributed by atoms with E-state index < -0.39 is 0 Å². The molecule has 0 aliphatic rings. The van der Waals surface area contributed by atoms with Crippen LogP contribution in [0.3, 0.4) is 0 Å². The highest BCUT2D eigenvalue weighted by Crippen LogP contribution is 2.37. The van der Waals surface area contributed by atoms with Crippen molar-refractivity contribution in [2.75, 3.05) is 24.9 Å². The molecule has 0 radical (unpaired) electrons. The van der Waals surface area contributed by atoms with Gasteiger partial charge in [-0.15, -0.1) is 0 Å². The summed E-state index contributed by atoms with van der Waals surface area (Å²) >= 11 is 0. The number of urea groups is 1. The van der Waals surface area contributed by atoms with Gasteiger partial charge in [0.2, 0.25) is 0 Å². The van der Waals surface area contributed by atoms with Crippen molar-refractivity contribution in [2.24, 2.45) is 0 Å². The molecule has 180 valence electrons. The number of carbonyl (C=O) groups is 1. The van der Waals surface area contributed by atoms with Crippen LogP contribution in [0.2, 0.25) is 0 Å². The summed E-state index contributed by atoms with van der Waals surface area (Å²) in [5.74, 6) is 2.51. The summed E-state index contributed by atoms with van der Waals surface area (Å²) in [7, 11) is 3.19. The molecule has 5 aromatic rings. The molecular formula is C29H25N3O4. The summed E-state index contributed by atoms with van der Waals surface area (Å²) in [6.07, 6.45) is 1.69. The number of methoxy groups -OCH3 is 2. The quantitative estimate of drug-likeness (QED) is 0.270. The zero-order chi connectivity index (χ0) is 25.1. The Bertz CT molecular complexity index is 1580. The lowest BCUT2D eigenvalue weighted by Gasteiger charge is -2.14. The Balaban J connectivity index is 1.41. The van der Waals surface area contributed by atoms with E-state index in [1.165, 1.54) is 0 Å². The van der Waals surface area contributed by atoms with Gasteiger partial charge in [0, 0.05) is 28.7 Å². The lowest BCUT2D eigenvalue weighted by atomic mass is 10.1. The first-order chi connectivity index (χ1) is 17.5. The summed E-state index contributed by atoms with van der Waals surface area (Å²) in [6.45, 7) is 1.98. The van der Waals surface area contributed by atoms with E-state index in [9.17, 15) is 4.79 Å². The Morgan fingerprint density at radius 3 is 2.39 bits per heavy atom. The van der Waals surface area contributed by atoms with Crippen LogP contribution in [0.4, 0.5) is 16.2 Å². The van der Waals surface area contributed by atoms with Crippen LogP contribution < -0.4 is 24.8 Å². The molecule has 5 rings (SSSR count). The standard InChI is InChI=1S/C29H25N3O4/c1-18-6-4-8-20(14-18)31-29(33)32-24-9-5-7-19-15-21(10-11-22(19)24)36-26-12-13-30-25-17-28(35-3)27(34-2)16-23(25)26/h4-17H,1-3H3,(H2,31,32,33). The highest BCUT2D eigenvalue weighted by Gasteiger charge is 2.12. The molecule has 2 N–H and O–H groups in total. The molecule has 7 heteroatoms. The van der Waals surface area contributed by atoms with Gasteiger partial charge in [-0.1, -0.05) is 24.3 Å². The van der Waals surface area contributed by atoms with Crippen molar-refractivity contribution in [1.82, 2.24) is 4.98 Å². The van der Waals surface area contributed by atoms with Crippen LogP contribution in [0.15, 0.2) is 85.1 Å². The van der Waals surface area contributed by atoms with Crippen molar-refractivity contribution in [3.8, 4) is 23.0 Å². The lowest BCUT2D eigenvalue weighted by Crippen LogP contribution is -2.19. The first-order valence-corrected chi connectivity index (χ1v) is 11.4. The summed E-state index contributed by atoms with van der Waals surface area (Å²) in [5.41, 5.74) is 3.25. The van der Waals surface area contributed by atoms with Gasteiger partial charge >= 0.3 is 6.03 Å². The van der Waals surface area contributed by atoms with Gasteiger partial charge in [-0.25, -0.2) is 4.79 Å². The van der Waals surface area contributed by atoms with Gasteiger partial charge in [-0.05, 0) is 66.4 Å². The minimum Gasteiger partial charge on any atom is -0.493 e. The molecule has 0 saturated heterocycles. The third-order valence-corrected chi connectivity index (χ3v) is 5.81. The SMILES string of the molecule is COc1cc2nccc(Oc3ccc4c(NC(=O)Nc5cccc(C)c5)cccc4c3)c2cc1OC. The second-order valence-corrected chi connectivity index (χ2v) is 8.27. The predicted molar refractivity (Wildman–Crippen MR) is 143 cm³/mol. The highest BCUT2D eigenvalue weighted by molar-refractivity contribution is 6.06.